The van der Waals surface area contributed by atoms with E-state index in [1.807, 2.05) is 31.2 Å². The van der Waals surface area contributed by atoms with Gasteiger partial charge >= 0.3 is 0 Å². The van der Waals surface area contributed by atoms with Crippen LogP contribution in [0.3, 0.4) is 0 Å². The number of rotatable bonds is 5. The van der Waals surface area contributed by atoms with Gasteiger partial charge in [0.25, 0.3) is 5.91 Å². The number of aromatic hydroxyl groups is 1. The third kappa shape index (κ3) is 4.21. The van der Waals surface area contributed by atoms with E-state index in [9.17, 15) is 9.90 Å². The van der Waals surface area contributed by atoms with Gasteiger partial charge in [0.1, 0.15) is 5.75 Å². The van der Waals surface area contributed by atoms with Gasteiger partial charge in [0, 0.05) is 17.8 Å². The molecule has 2 rings (SSSR count). The highest BCUT2D eigenvalue weighted by molar-refractivity contribution is 6.32. The molecule has 1 amide bonds. The van der Waals surface area contributed by atoms with E-state index in [-0.39, 0.29) is 16.7 Å². The topological polar surface area (TPSA) is 61.4 Å². The van der Waals surface area contributed by atoms with Crippen molar-refractivity contribution in [3.05, 3.63) is 58.6 Å². The minimum absolute atomic E-state index is 0.0409. The Labute approximate surface area is 128 Å². The number of hydrogen-bond acceptors (Lipinski definition) is 3. The van der Waals surface area contributed by atoms with Gasteiger partial charge < -0.3 is 15.7 Å². The standard InChI is InChI=1S/C16H17ClN2O2/c1-2-18-10-11-4-3-5-13(8-11)19-16(21)12-6-7-15(20)14(17)9-12/h3-9,18,20H,2,10H2,1H3,(H,19,21). The summed E-state index contributed by atoms with van der Waals surface area (Å²) in [5.74, 6) is -0.307. The molecule has 0 radical (unpaired) electrons. The van der Waals surface area contributed by atoms with E-state index in [2.05, 4.69) is 10.6 Å². The molecule has 0 unspecified atom stereocenters. The molecule has 5 heteroatoms. The van der Waals surface area contributed by atoms with Crippen LogP contribution in [0.5, 0.6) is 5.75 Å². The highest BCUT2D eigenvalue weighted by Gasteiger charge is 2.09. The lowest BCUT2D eigenvalue weighted by Gasteiger charge is -2.08. The van der Waals surface area contributed by atoms with Gasteiger partial charge in [-0.3, -0.25) is 4.79 Å². The van der Waals surface area contributed by atoms with Gasteiger partial charge in [0.15, 0.2) is 0 Å². The van der Waals surface area contributed by atoms with E-state index in [1.54, 1.807) is 0 Å². The molecule has 110 valence electrons. The highest BCUT2D eigenvalue weighted by Crippen LogP contribution is 2.24. The molecule has 2 aromatic carbocycles. The predicted molar refractivity (Wildman–Crippen MR) is 84.9 cm³/mol. The molecule has 0 saturated heterocycles. The molecule has 0 aliphatic carbocycles. The lowest BCUT2D eigenvalue weighted by Crippen LogP contribution is -2.14. The molecule has 0 fully saturated rings. The molecule has 21 heavy (non-hydrogen) atoms. The Bertz CT molecular complexity index is 644. The number of phenolic OH excluding ortho intramolecular Hbond substituents is 1. The van der Waals surface area contributed by atoms with Crippen LogP contribution < -0.4 is 10.6 Å². The molecule has 0 aliphatic rings. The van der Waals surface area contributed by atoms with Gasteiger partial charge in [-0.05, 0) is 42.4 Å². The van der Waals surface area contributed by atoms with Crippen molar-refractivity contribution in [2.24, 2.45) is 0 Å². The third-order valence-electron chi connectivity index (χ3n) is 2.97. The van der Waals surface area contributed by atoms with E-state index in [4.69, 9.17) is 11.6 Å². The monoisotopic (exact) mass is 304 g/mol. The largest absolute Gasteiger partial charge is 0.506 e. The zero-order valence-corrected chi connectivity index (χ0v) is 12.4. The second kappa shape index (κ2) is 7.11. The van der Waals surface area contributed by atoms with Gasteiger partial charge in [-0.15, -0.1) is 0 Å². The van der Waals surface area contributed by atoms with Crippen molar-refractivity contribution < 1.29 is 9.90 Å². The summed E-state index contributed by atoms with van der Waals surface area (Å²) in [5.41, 5.74) is 2.22. The Kier molecular flexibility index (Phi) is 5.20. The normalized spacial score (nSPS) is 10.4. The molecule has 0 aromatic heterocycles. The molecule has 2 aromatic rings. The summed E-state index contributed by atoms with van der Waals surface area (Å²) in [4.78, 5) is 12.1. The van der Waals surface area contributed by atoms with Crippen LogP contribution in [0, 0.1) is 0 Å². The first-order valence-corrected chi connectivity index (χ1v) is 7.07. The van der Waals surface area contributed by atoms with Crippen LogP contribution in [0.4, 0.5) is 5.69 Å². The van der Waals surface area contributed by atoms with Gasteiger partial charge in [-0.2, -0.15) is 0 Å². The van der Waals surface area contributed by atoms with Gasteiger partial charge in [-0.25, -0.2) is 0 Å². The molecular formula is C16H17ClN2O2. The maximum Gasteiger partial charge on any atom is 0.255 e. The Morgan fingerprint density at radius 3 is 2.76 bits per heavy atom. The summed E-state index contributed by atoms with van der Waals surface area (Å²) < 4.78 is 0. The number of halogens is 1. The molecule has 0 spiro atoms. The van der Waals surface area contributed by atoms with E-state index in [1.165, 1.54) is 18.2 Å². The molecule has 0 bridgehead atoms. The molecular weight excluding hydrogens is 288 g/mol. The molecule has 4 nitrogen and oxygen atoms in total. The Balaban J connectivity index is 2.10. The van der Waals surface area contributed by atoms with Crippen LogP contribution in [0.2, 0.25) is 5.02 Å². The lowest BCUT2D eigenvalue weighted by molar-refractivity contribution is 0.102. The Morgan fingerprint density at radius 2 is 2.05 bits per heavy atom. The Hall–Kier alpha value is -2.04. The maximum absolute atomic E-state index is 12.1. The van der Waals surface area contributed by atoms with Crippen molar-refractivity contribution in [2.75, 3.05) is 11.9 Å². The number of amides is 1. The lowest BCUT2D eigenvalue weighted by atomic mass is 10.1. The summed E-state index contributed by atoms with van der Waals surface area (Å²) in [6.45, 7) is 3.69. The van der Waals surface area contributed by atoms with Crippen LogP contribution in [0.25, 0.3) is 0 Å². The van der Waals surface area contributed by atoms with Crippen LogP contribution in [-0.4, -0.2) is 17.6 Å². The van der Waals surface area contributed by atoms with Crippen LogP contribution in [-0.2, 0) is 6.54 Å². The van der Waals surface area contributed by atoms with E-state index in [0.717, 1.165) is 24.3 Å². The zero-order chi connectivity index (χ0) is 15.2. The van der Waals surface area contributed by atoms with Crippen molar-refractivity contribution in [3.8, 4) is 5.75 Å². The molecule has 0 aliphatic heterocycles. The van der Waals surface area contributed by atoms with Gasteiger partial charge in [-0.1, -0.05) is 30.7 Å². The molecule has 3 N–H and O–H groups in total. The van der Waals surface area contributed by atoms with Gasteiger partial charge in [0.2, 0.25) is 0 Å². The predicted octanol–water partition coefficient (Wildman–Crippen LogP) is 3.41. The summed E-state index contributed by atoms with van der Waals surface area (Å²) in [5, 5.41) is 15.6. The first-order chi connectivity index (χ1) is 10.1. The highest BCUT2D eigenvalue weighted by atomic mass is 35.5. The quantitative estimate of drug-likeness (QED) is 0.793. The van der Waals surface area contributed by atoms with E-state index >= 15 is 0 Å². The molecule has 0 atom stereocenters. The van der Waals surface area contributed by atoms with Crippen molar-refractivity contribution in [2.45, 2.75) is 13.5 Å². The zero-order valence-electron chi connectivity index (χ0n) is 11.7. The van der Waals surface area contributed by atoms with Gasteiger partial charge in [0.05, 0.1) is 5.02 Å². The first-order valence-electron chi connectivity index (χ1n) is 6.69. The van der Waals surface area contributed by atoms with Crippen molar-refractivity contribution in [1.82, 2.24) is 5.32 Å². The van der Waals surface area contributed by atoms with Crippen molar-refractivity contribution >= 4 is 23.2 Å². The molecule has 0 saturated carbocycles. The van der Waals surface area contributed by atoms with Crippen LogP contribution in [0.15, 0.2) is 42.5 Å². The van der Waals surface area contributed by atoms with Crippen LogP contribution >= 0.6 is 11.6 Å². The number of phenols is 1. The fraction of sp³-hybridized carbons (Fsp3) is 0.188. The average Bonchev–Trinajstić information content (AvgIpc) is 2.48. The van der Waals surface area contributed by atoms with E-state index in [0.29, 0.717) is 5.56 Å². The number of hydrogen-bond donors (Lipinski definition) is 3. The van der Waals surface area contributed by atoms with E-state index < -0.39 is 0 Å². The second-order valence-corrected chi connectivity index (χ2v) is 5.01. The van der Waals surface area contributed by atoms with Crippen LogP contribution in [0.1, 0.15) is 22.8 Å². The maximum atomic E-state index is 12.1. The summed E-state index contributed by atoms with van der Waals surface area (Å²) in [6.07, 6.45) is 0. The fourth-order valence-corrected chi connectivity index (χ4v) is 2.06. The Morgan fingerprint density at radius 1 is 1.24 bits per heavy atom. The summed E-state index contributed by atoms with van der Waals surface area (Å²) >= 11 is 5.81. The number of carbonyl (C=O) groups excluding carboxylic acids is 1. The summed E-state index contributed by atoms with van der Waals surface area (Å²) in [7, 11) is 0. The average molecular weight is 305 g/mol. The number of nitrogens with one attached hydrogen (secondary N) is 2. The number of carbonyl (C=O) groups is 1. The molecule has 0 heterocycles. The number of benzene rings is 2. The SMILES string of the molecule is CCNCc1cccc(NC(=O)c2ccc(O)c(Cl)c2)c1. The third-order valence-corrected chi connectivity index (χ3v) is 3.28. The fourth-order valence-electron chi connectivity index (χ4n) is 1.88. The van der Waals surface area contributed by atoms with Crippen molar-refractivity contribution in [1.29, 1.82) is 0 Å². The smallest absolute Gasteiger partial charge is 0.255 e. The van der Waals surface area contributed by atoms with Crippen molar-refractivity contribution in [3.63, 3.8) is 0 Å². The summed E-state index contributed by atoms with van der Waals surface area (Å²) in [6, 6.07) is 12.0. The number of anilines is 1. The first kappa shape index (κ1) is 15.4. The minimum atomic E-state index is -0.266. The minimum Gasteiger partial charge on any atom is -0.506 e. The second-order valence-electron chi connectivity index (χ2n) is 4.60.